The van der Waals surface area contributed by atoms with Crippen molar-refractivity contribution in [2.45, 2.75) is 6.42 Å². The molecule has 0 saturated carbocycles. The molecule has 3 aromatic carbocycles. The van der Waals surface area contributed by atoms with Crippen molar-refractivity contribution in [3.05, 3.63) is 78.1 Å². The van der Waals surface area contributed by atoms with Gasteiger partial charge in [-0.25, -0.2) is 4.39 Å². The highest BCUT2D eigenvalue weighted by Gasteiger charge is 2.09. The quantitative estimate of drug-likeness (QED) is 0.367. The number of carbonyl (C=O) groups is 1. The van der Waals surface area contributed by atoms with Gasteiger partial charge < -0.3 is 15.4 Å². The van der Waals surface area contributed by atoms with Crippen molar-refractivity contribution in [3.8, 4) is 16.9 Å². The van der Waals surface area contributed by atoms with Crippen molar-refractivity contribution in [1.29, 1.82) is 0 Å². The van der Waals surface area contributed by atoms with E-state index < -0.39 is 0 Å². The molecular weight excluding hydrogens is 413 g/mol. The van der Waals surface area contributed by atoms with Crippen molar-refractivity contribution in [2.24, 2.45) is 0 Å². The summed E-state index contributed by atoms with van der Waals surface area (Å²) in [6.45, 7) is 1.16. The van der Waals surface area contributed by atoms with Crippen molar-refractivity contribution >= 4 is 33.3 Å². The third-order valence-electron chi connectivity index (χ3n) is 4.95. The molecule has 1 aromatic heterocycles. The van der Waals surface area contributed by atoms with Gasteiger partial charge in [-0.2, -0.15) is 4.37 Å². The molecule has 5 nitrogen and oxygen atoms in total. The number of amides is 1. The van der Waals surface area contributed by atoms with Crippen LogP contribution in [0.5, 0.6) is 5.75 Å². The summed E-state index contributed by atoms with van der Waals surface area (Å²) in [5.74, 6) is 1.13. The molecule has 158 valence electrons. The minimum Gasteiger partial charge on any atom is -0.497 e. The van der Waals surface area contributed by atoms with E-state index in [2.05, 4.69) is 15.0 Å². The Morgan fingerprint density at radius 2 is 1.71 bits per heavy atom. The van der Waals surface area contributed by atoms with Gasteiger partial charge in [0.25, 0.3) is 5.91 Å². The van der Waals surface area contributed by atoms with Crippen molar-refractivity contribution < 1.29 is 13.9 Å². The first kappa shape index (κ1) is 20.8. The molecule has 4 aromatic rings. The number of carbonyl (C=O) groups excluding carboxylic acids is 1. The lowest BCUT2D eigenvalue weighted by atomic mass is 10.0. The van der Waals surface area contributed by atoms with E-state index in [0.29, 0.717) is 29.2 Å². The Morgan fingerprint density at radius 1 is 1.00 bits per heavy atom. The molecule has 0 aliphatic carbocycles. The maximum Gasteiger partial charge on any atom is 0.251 e. The van der Waals surface area contributed by atoms with E-state index in [4.69, 9.17) is 4.74 Å². The van der Waals surface area contributed by atoms with Gasteiger partial charge in [-0.1, -0.05) is 30.3 Å². The highest BCUT2D eigenvalue weighted by atomic mass is 32.1. The van der Waals surface area contributed by atoms with Crippen LogP contribution in [0.4, 0.5) is 10.2 Å². The van der Waals surface area contributed by atoms with Crippen LogP contribution in [0, 0.1) is 5.82 Å². The van der Waals surface area contributed by atoms with Crippen LogP contribution in [-0.2, 0) is 0 Å². The zero-order chi connectivity index (χ0) is 21.6. The van der Waals surface area contributed by atoms with Gasteiger partial charge in [0.1, 0.15) is 17.4 Å². The summed E-state index contributed by atoms with van der Waals surface area (Å²) in [6, 6.07) is 20.3. The number of benzene rings is 3. The predicted molar refractivity (Wildman–Crippen MR) is 123 cm³/mol. The monoisotopic (exact) mass is 435 g/mol. The Kier molecular flexibility index (Phi) is 6.43. The van der Waals surface area contributed by atoms with Crippen molar-refractivity contribution in [2.75, 3.05) is 25.5 Å². The average molecular weight is 436 g/mol. The minimum atomic E-state index is -0.256. The van der Waals surface area contributed by atoms with Gasteiger partial charge in [-0.05, 0) is 65.5 Å². The van der Waals surface area contributed by atoms with Gasteiger partial charge in [0.15, 0.2) is 0 Å². The summed E-state index contributed by atoms with van der Waals surface area (Å²) in [6.07, 6.45) is 0.726. The average Bonchev–Trinajstić information content (AvgIpc) is 3.23. The largest absolute Gasteiger partial charge is 0.497 e. The van der Waals surface area contributed by atoms with Gasteiger partial charge in [-0.3, -0.25) is 4.79 Å². The van der Waals surface area contributed by atoms with Crippen LogP contribution in [0.25, 0.3) is 21.2 Å². The van der Waals surface area contributed by atoms with Crippen LogP contribution in [0.3, 0.4) is 0 Å². The Hall–Kier alpha value is -3.45. The molecule has 0 aliphatic heterocycles. The first-order valence-corrected chi connectivity index (χ1v) is 10.7. The van der Waals surface area contributed by atoms with Crippen molar-refractivity contribution in [3.63, 3.8) is 0 Å². The van der Waals surface area contributed by atoms with E-state index >= 15 is 0 Å². The number of methoxy groups -OCH3 is 1. The molecule has 0 atom stereocenters. The Labute approximate surface area is 184 Å². The topological polar surface area (TPSA) is 63.2 Å². The summed E-state index contributed by atoms with van der Waals surface area (Å²) in [5, 5.41) is 6.92. The van der Waals surface area contributed by atoms with E-state index in [1.54, 1.807) is 13.2 Å². The SMILES string of the molecule is COc1ccc(-c2ccc(C(=O)NCCCNc3nsc4c(F)cccc34)cc2)cc1. The number of hydrogen-bond acceptors (Lipinski definition) is 5. The Bertz CT molecular complexity index is 1170. The van der Waals surface area contributed by atoms with E-state index in [1.807, 2.05) is 54.6 Å². The maximum absolute atomic E-state index is 13.7. The zero-order valence-corrected chi connectivity index (χ0v) is 17.8. The number of halogens is 1. The highest BCUT2D eigenvalue weighted by Crippen LogP contribution is 2.28. The highest BCUT2D eigenvalue weighted by molar-refractivity contribution is 7.13. The molecule has 0 saturated heterocycles. The molecule has 0 radical (unpaired) electrons. The predicted octanol–water partition coefficient (Wildman–Crippen LogP) is 5.34. The zero-order valence-electron chi connectivity index (χ0n) is 17.0. The molecule has 0 spiro atoms. The molecule has 31 heavy (non-hydrogen) atoms. The van der Waals surface area contributed by atoms with Gasteiger partial charge >= 0.3 is 0 Å². The molecule has 2 N–H and O–H groups in total. The lowest BCUT2D eigenvalue weighted by molar-refractivity contribution is 0.0953. The van der Waals surface area contributed by atoms with E-state index in [9.17, 15) is 9.18 Å². The Morgan fingerprint density at radius 3 is 2.42 bits per heavy atom. The molecule has 1 heterocycles. The molecule has 0 fully saturated rings. The fourth-order valence-electron chi connectivity index (χ4n) is 3.25. The number of hydrogen-bond donors (Lipinski definition) is 2. The molecule has 0 aliphatic rings. The lowest BCUT2D eigenvalue weighted by Crippen LogP contribution is -2.25. The van der Waals surface area contributed by atoms with Crippen LogP contribution in [0.15, 0.2) is 66.7 Å². The fourth-order valence-corrected chi connectivity index (χ4v) is 4.02. The van der Waals surface area contributed by atoms with Crippen LogP contribution in [-0.4, -0.2) is 30.5 Å². The van der Waals surface area contributed by atoms with Crippen LogP contribution in [0.2, 0.25) is 0 Å². The fraction of sp³-hybridized carbons (Fsp3) is 0.167. The second kappa shape index (κ2) is 9.57. The maximum atomic E-state index is 13.7. The lowest BCUT2D eigenvalue weighted by Gasteiger charge is -2.08. The third-order valence-corrected chi connectivity index (χ3v) is 5.82. The van der Waals surface area contributed by atoms with E-state index in [-0.39, 0.29) is 11.7 Å². The normalized spacial score (nSPS) is 10.8. The number of nitrogens with one attached hydrogen (secondary N) is 2. The second-order valence-corrected chi connectivity index (χ2v) is 7.76. The summed E-state index contributed by atoms with van der Waals surface area (Å²) in [4.78, 5) is 12.4. The van der Waals surface area contributed by atoms with Crippen LogP contribution in [0.1, 0.15) is 16.8 Å². The first-order valence-electron chi connectivity index (χ1n) is 9.96. The standard InChI is InChI=1S/C24H22FN3O2S/c1-30-19-12-10-17(11-13-19)16-6-8-18(9-7-16)24(29)27-15-3-14-26-23-20-4-2-5-21(25)22(20)31-28-23/h2,4-13H,3,14-15H2,1H3,(H,26,28)(H,27,29). The number of aromatic nitrogens is 1. The number of ether oxygens (including phenoxy) is 1. The summed E-state index contributed by atoms with van der Waals surface area (Å²) < 4.78 is 23.7. The number of rotatable bonds is 8. The van der Waals surface area contributed by atoms with E-state index in [0.717, 1.165) is 40.2 Å². The smallest absolute Gasteiger partial charge is 0.251 e. The second-order valence-electron chi connectivity index (χ2n) is 6.99. The molecule has 0 bridgehead atoms. The minimum absolute atomic E-state index is 0.109. The number of nitrogens with zero attached hydrogens (tertiary/aromatic N) is 1. The van der Waals surface area contributed by atoms with Crippen molar-refractivity contribution in [1.82, 2.24) is 9.69 Å². The van der Waals surface area contributed by atoms with Crippen LogP contribution < -0.4 is 15.4 Å². The molecular formula is C24H22FN3O2S. The van der Waals surface area contributed by atoms with Gasteiger partial charge in [0.05, 0.1) is 11.8 Å². The van der Waals surface area contributed by atoms with Gasteiger partial charge in [0, 0.05) is 24.0 Å². The summed E-state index contributed by atoms with van der Waals surface area (Å²) in [7, 11) is 1.64. The molecule has 1 amide bonds. The van der Waals surface area contributed by atoms with Gasteiger partial charge in [0.2, 0.25) is 0 Å². The van der Waals surface area contributed by atoms with E-state index in [1.165, 1.54) is 6.07 Å². The summed E-state index contributed by atoms with van der Waals surface area (Å²) >= 11 is 1.14. The molecule has 4 rings (SSSR count). The Balaban J connectivity index is 1.25. The molecule has 0 unspecified atom stereocenters. The molecule has 7 heteroatoms. The number of fused-ring (bicyclic) bond motifs is 1. The number of anilines is 1. The first-order chi connectivity index (χ1) is 15.2. The third kappa shape index (κ3) is 4.83. The van der Waals surface area contributed by atoms with Crippen LogP contribution >= 0.6 is 11.5 Å². The van der Waals surface area contributed by atoms with Gasteiger partial charge in [-0.15, -0.1) is 0 Å². The summed E-state index contributed by atoms with van der Waals surface area (Å²) in [5.41, 5.74) is 2.72.